The van der Waals surface area contributed by atoms with Gasteiger partial charge in [0.15, 0.2) is 0 Å². The molecule has 2 unspecified atom stereocenters. The van der Waals surface area contributed by atoms with E-state index >= 15 is 0 Å². The maximum absolute atomic E-state index is 12.9. The highest BCUT2D eigenvalue weighted by Crippen LogP contribution is 2.13. The van der Waals surface area contributed by atoms with E-state index in [-0.39, 0.29) is 31.2 Å². The van der Waals surface area contributed by atoms with E-state index in [4.69, 9.17) is 0 Å². The minimum atomic E-state index is -0.883. The van der Waals surface area contributed by atoms with Crippen molar-refractivity contribution in [3.05, 3.63) is 35.6 Å². The molecule has 0 spiro atoms. The number of likely N-dealkylation sites (tertiary alicyclic amines) is 1. The van der Waals surface area contributed by atoms with Crippen molar-refractivity contribution in [2.24, 2.45) is 0 Å². The van der Waals surface area contributed by atoms with Crippen LogP contribution < -0.4 is 0 Å². The zero-order valence-electron chi connectivity index (χ0n) is 9.21. The van der Waals surface area contributed by atoms with Crippen LogP contribution in [0.1, 0.15) is 5.56 Å². The molecule has 2 rings (SSSR count). The molecule has 1 amide bonds. The normalized spacial score (nSPS) is 24.1. The first-order valence-corrected chi connectivity index (χ1v) is 5.44. The predicted molar refractivity (Wildman–Crippen MR) is 58.7 cm³/mol. The van der Waals surface area contributed by atoms with Gasteiger partial charge in [-0.15, -0.1) is 0 Å². The number of hydrogen-bond acceptors (Lipinski definition) is 3. The molecule has 92 valence electrons. The van der Waals surface area contributed by atoms with Crippen LogP contribution in [0, 0.1) is 5.82 Å². The third-order valence-corrected chi connectivity index (χ3v) is 2.86. The summed E-state index contributed by atoms with van der Waals surface area (Å²) in [7, 11) is 0. The van der Waals surface area contributed by atoms with Gasteiger partial charge in [0.25, 0.3) is 0 Å². The van der Waals surface area contributed by atoms with Crippen LogP contribution in [0.4, 0.5) is 4.39 Å². The van der Waals surface area contributed by atoms with Crippen molar-refractivity contribution >= 4 is 5.91 Å². The number of nitrogens with zero attached hydrogens (tertiary/aromatic N) is 1. The van der Waals surface area contributed by atoms with Crippen LogP contribution in [-0.2, 0) is 11.2 Å². The average molecular weight is 239 g/mol. The van der Waals surface area contributed by atoms with Gasteiger partial charge in [-0.3, -0.25) is 4.79 Å². The first kappa shape index (κ1) is 12.0. The van der Waals surface area contributed by atoms with E-state index in [0.717, 1.165) is 0 Å². The number of hydrogen-bond donors (Lipinski definition) is 2. The van der Waals surface area contributed by atoms with Gasteiger partial charge in [-0.2, -0.15) is 0 Å². The molecule has 2 N–H and O–H groups in total. The van der Waals surface area contributed by atoms with E-state index in [2.05, 4.69) is 0 Å². The Hall–Kier alpha value is -1.46. The van der Waals surface area contributed by atoms with Crippen molar-refractivity contribution < 1.29 is 19.4 Å². The van der Waals surface area contributed by atoms with Crippen LogP contribution in [0.5, 0.6) is 0 Å². The topological polar surface area (TPSA) is 60.8 Å². The van der Waals surface area contributed by atoms with Gasteiger partial charge in [-0.25, -0.2) is 4.39 Å². The Morgan fingerprint density at radius 3 is 2.59 bits per heavy atom. The predicted octanol–water partition coefficient (Wildman–Crippen LogP) is -0.0678. The molecule has 4 nitrogen and oxygen atoms in total. The lowest BCUT2D eigenvalue weighted by atomic mass is 10.1. The Morgan fingerprint density at radius 1 is 1.35 bits per heavy atom. The maximum Gasteiger partial charge on any atom is 0.227 e. The van der Waals surface area contributed by atoms with E-state index in [0.29, 0.717) is 5.56 Å². The van der Waals surface area contributed by atoms with Crippen LogP contribution in [0.15, 0.2) is 24.3 Å². The molecule has 1 aromatic rings. The Morgan fingerprint density at radius 2 is 2.00 bits per heavy atom. The Labute approximate surface area is 98.3 Å². The summed E-state index contributed by atoms with van der Waals surface area (Å²) in [4.78, 5) is 13.2. The molecule has 1 aliphatic rings. The smallest absolute Gasteiger partial charge is 0.227 e. The molecule has 0 radical (unpaired) electrons. The average Bonchev–Trinajstić information content (AvgIpc) is 2.59. The van der Waals surface area contributed by atoms with E-state index in [1.54, 1.807) is 12.1 Å². The highest BCUT2D eigenvalue weighted by Gasteiger charge is 2.32. The number of amides is 1. The largest absolute Gasteiger partial charge is 0.388 e. The SMILES string of the molecule is O=C(Cc1cccc(F)c1)N1CC(O)C(O)C1. The van der Waals surface area contributed by atoms with Crippen molar-refractivity contribution in [2.75, 3.05) is 13.1 Å². The van der Waals surface area contributed by atoms with Crippen molar-refractivity contribution in [3.8, 4) is 0 Å². The summed E-state index contributed by atoms with van der Waals surface area (Å²) in [5.74, 6) is -0.594. The summed E-state index contributed by atoms with van der Waals surface area (Å²) in [5.41, 5.74) is 0.589. The minimum Gasteiger partial charge on any atom is -0.388 e. The second kappa shape index (κ2) is 4.81. The van der Waals surface area contributed by atoms with E-state index < -0.39 is 12.2 Å². The molecule has 1 aliphatic heterocycles. The fourth-order valence-electron chi connectivity index (χ4n) is 1.91. The van der Waals surface area contributed by atoms with E-state index in [1.807, 2.05) is 0 Å². The Kier molecular flexibility index (Phi) is 3.40. The summed E-state index contributed by atoms with van der Waals surface area (Å²) < 4.78 is 12.9. The number of carbonyl (C=O) groups is 1. The summed E-state index contributed by atoms with van der Waals surface area (Å²) in [6, 6.07) is 5.84. The molecule has 1 saturated heterocycles. The van der Waals surface area contributed by atoms with Crippen LogP contribution in [0.25, 0.3) is 0 Å². The number of aliphatic hydroxyl groups excluding tert-OH is 2. The summed E-state index contributed by atoms with van der Waals surface area (Å²) in [6.07, 6.45) is -1.69. The zero-order valence-corrected chi connectivity index (χ0v) is 9.21. The van der Waals surface area contributed by atoms with Crippen molar-refractivity contribution in [3.63, 3.8) is 0 Å². The first-order chi connectivity index (χ1) is 8.06. The third kappa shape index (κ3) is 2.81. The minimum absolute atomic E-state index is 0.0806. The van der Waals surface area contributed by atoms with Crippen LogP contribution in [0.2, 0.25) is 0 Å². The number of carbonyl (C=O) groups excluding carboxylic acids is 1. The maximum atomic E-state index is 12.9. The highest BCUT2D eigenvalue weighted by atomic mass is 19.1. The van der Waals surface area contributed by atoms with Gasteiger partial charge in [0.2, 0.25) is 5.91 Å². The molecular formula is C12H14FNO3. The molecule has 1 heterocycles. The van der Waals surface area contributed by atoms with Gasteiger partial charge in [-0.1, -0.05) is 12.1 Å². The molecule has 0 aliphatic carbocycles. The quantitative estimate of drug-likeness (QED) is 0.759. The molecule has 2 atom stereocenters. The van der Waals surface area contributed by atoms with Crippen molar-refractivity contribution in [1.82, 2.24) is 4.90 Å². The number of rotatable bonds is 2. The van der Waals surface area contributed by atoms with Gasteiger partial charge < -0.3 is 15.1 Å². The monoisotopic (exact) mass is 239 g/mol. The first-order valence-electron chi connectivity index (χ1n) is 5.44. The van der Waals surface area contributed by atoms with Crippen molar-refractivity contribution in [2.45, 2.75) is 18.6 Å². The Bertz CT molecular complexity index is 414. The summed E-state index contributed by atoms with van der Waals surface area (Å²) in [5, 5.41) is 18.6. The lowest BCUT2D eigenvalue weighted by Gasteiger charge is -2.15. The lowest BCUT2D eigenvalue weighted by molar-refractivity contribution is -0.129. The van der Waals surface area contributed by atoms with Gasteiger partial charge >= 0.3 is 0 Å². The van der Waals surface area contributed by atoms with E-state index in [9.17, 15) is 19.4 Å². The van der Waals surface area contributed by atoms with Crippen LogP contribution in [-0.4, -0.2) is 46.3 Å². The van der Waals surface area contributed by atoms with Crippen LogP contribution >= 0.6 is 0 Å². The van der Waals surface area contributed by atoms with Gasteiger partial charge in [0, 0.05) is 13.1 Å². The van der Waals surface area contributed by atoms with Gasteiger partial charge in [0.05, 0.1) is 18.6 Å². The lowest BCUT2D eigenvalue weighted by Crippen LogP contribution is -2.31. The molecule has 1 fully saturated rings. The fraction of sp³-hybridized carbons (Fsp3) is 0.417. The molecule has 17 heavy (non-hydrogen) atoms. The highest BCUT2D eigenvalue weighted by molar-refractivity contribution is 5.79. The summed E-state index contributed by atoms with van der Waals surface area (Å²) in [6.45, 7) is 0.268. The standard InChI is InChI=1S/C12H14FNO3/c13-9-3-1-2-8(4-9)5-12(17)14-6-10(15)11(16)7-14/h1-4,10-11,15-16H,5-7H2. The van der Waals surface area contributed by atoms with Gasteiger partial charge in [0.1, 0.15) is 5.82 Å². The fourth-order valence-corrected chi connectivity index (χ4v) is 1.91. The van der Waals surface area contributed by atoms with Crippen molar-refractivity contribution in [1.29, 1.82) is 0 Å². The zero-order chi connectivity index (χ0) is 12.4. The Balaban J connectivity index is 1.98. The summed E-state index contributed by atoms with van der Waals surface area (Å²) >= 11 is 0. The molecule has 0 aromatic heterocycles. The number of benzene rings is 1. The number of halogens is 1. The third-order valence-electron chi connectivity index (χ3n) is 2.86. The van der Waals surface area contributed by atoms with E-state index in [1.165, 1.54) is 17.0 Å². The van der Waals surface area contributed by atoms with Crippen LogP contribution in [0.3, 0.4) is 0 Å². The number of aliphatic hydroxyl groups is 2. The molecule has 1 aromatic carbocycles. The second-order valence-corrected chi connectivity index (χ2v) is 4.24. The molecule has 5 heteroatoms. The second-order valence-electron chi connectivity index (χ2n) is 4.24. The number of β-amino-alcohol motifs (C(OH)–C–C–N with tert-alkyl or cyclic N) is 2. The molecular weight excluding hydrogens is 225 g/mol. The molecule has 0 bridgehead atoms. The molecule has 0 saturated carbocycles. The van der Waals surface area contributed by atoms with Gasteiger partial charge in [-0.05, 0) is 17.7 Å².